The first-order chi connectivity index (χ1) is 9.90. The first-order valence-corrected chi connectivity index (χ1v) is 8.26. The zero-order chi connectivity index (χ0) is 15.6. The lowest BCUT2D eigenvalue weighted by Gasteiger charge is -2.43. The van der Waals surface area contributed by atoms with Crippen molar-refractivity contribution in [3.05, 3.63) is 12.2 Å². The fourth-order valence-corrected chi connectivity index (χ4v) is 3.14. The number of aromatic nitrogens is 3. The zero-order valence-corrected chi connectivity index (χ0v) is 14.4. The van der Waals surface area contributed by atoms with Gasteiger partial charge in [-0.2, -0.15) is 5.10 Å². The Morgan fingerprint density at radius 3 is 2.48 bits per heavy atom. The molecule has 1 saturated heterocycles. The van der Waals surface area contributed by atoms with Crippen molar-refractivity contribution in [1.29, 1.82) is 0 Å². The predicted molar refractivity (Wildman–Crippen MR) is 86.1 cm³/mol. The summed E-state index contributed by atoms with van der Waals surface area (Å²) in [5, 5.41) is 8.08. The molecule has 21 heavy (non-hydrogen) atoms. The van der Waals surface area contributed by atoms with E-state index in [4.69, 9.17) is 0 Å². The third-order valence-electron chi connectivity index (χ3n) is 4.54. The van der Waals surface area contributed by atoms with Crippen LogP contribution in [-0.4, -0.2) is 44.8 Å². The minimum absolute atomic E-state index is 0.365. The molecule has 0 spiro atoms. The maximum Gasteiger partial charge on any atom is 0.141 e. The second-order valence-corrected chi connectivity index (χ2v) is 7.21. The van der Waals surface area contributed by atoms with Gasteiger partial charge in [-0.05, 0) is 25.7 Å². The van der Waals surface area contributed by atoms with E-state index in [0.717, 1.165) is 25.5 Å². The SMILES string of the molecule is CC(C)C1CN(Cc2ncnn2C(C)C)C(C(C)C)CN1. The van der Waals surface area contributed by atoms with Gasteiger partial charge >= 0.3 is 0 Å². The van der Waals surface area contributed by atoms with Crippen LogP contribution in [-0.2, 0) is 6.54 Å². The van der Waals surface area contributed by atoms with E-state index in [1.165, 1.54) is 0 Å². The summed E-state index contributed by atoms with van der Waals surface area (Å²) in [7, 11) is 0. The lowest BCUT2D eigenvalue weighted by atomic mass is 9.94. The molecule has 0 amide bonds. The summed E-state index contributed by atoms with van der Waals surface area (Å²) >= 11 is 0. The standard InChI is InChI=1S/C16H31N5/c1-11(2)14-8-20(15(7-17-14)12(3)4)9-16-18-10-19-21(16)13(5)6/h10-15,17H,7-9H2,1-6H3. The Hall–Kier alpha value is -0.940. The van der Waals surface area contributed by atoms with Crippen molar-refractivity contribution in [3.8, 4) is 0 Å². The van der Waals surface area contributed by atoms with Crippen LogP contribution < -0.4 is 5.32 Å². The Labute approximate surface area is 129 Å². The summed E-state index contributed by atoms with van der Waals surface area (Å²) in [6.07, 6.45) is 1.68. The van der Waals surface area contributed by atoms with Crippen LogP contribution in [0.4, 0.5) is 0 Å². The molecule has 1 aromatic heterocycles. The lowest BCUT2D eigenvalue weighted by molar-refractivity contribution is 0.0742. The van der Waals surface area contributed by atoms with Crippen LogP contribution in [0.5, 0.6) is 0 Å². The van der Waals surface area contributed by atoms with Gasteiger partial charge in [0, 0.05) is 31.2 Å². The maximum absolute atomic E-state index is 4.48. The molecule has 5 nitrogen and oxygen atoms in total. The van der Waals surface area contributed by atoms with Crippen molar-refractivity contribution in [2.75, 3.05) is 13.1 Å². The van der Waals surface area contributed by atoms with Gasteiger partial charge in [0.15, 0.2) is 0 Å². The molecule has 0 radical (unpaired) electrons. The molecule has 0 aliphatic carbocycles. The molecule has 0 bridgehead atoms. The predicted octanol–water partition coefficient (Wildman–Crippen LogP) is 2.31. The molecule has 1 fully saturated rings. The highest BCUT2D eigenvalue weighted by Gasteiger charge is 2.31. The smallest absolute Gasteiger partial charge is 0.141 e. The summed E-state index contributed by atoms with van der Waals surface area (Å²) < 4.78 is 2.05. The highest BCUT2D eigenvalue weighted by Crippen LogP contribution is 2.21. The van der Waals surface area contributed by atoms with Gasteiger partial charge in [0.05, 0.1) is 6.54 Å². The Morgan fingerprint density at radius 1 is 1.19 bits per heavy atom. The molecule has 5 heteroatoms. The monoisotopic (exact) mass is 293 g/mol. The Morgan fingerprint density at radius 2 is 1.90 bits per heavy atom. The normalized spacial score (nSPS) is 24.4. The topological polar surface area (TPSA) is 46.0 Å². The fraction of sp³-hybridized carbons (Fsp3) is 0.875. The van der Waals surface area contributed by atoms with E-state index in [9.17, 15) is 0 Å². The molecule has 1 aliphatic rings. The lowest BCUT2D eigenvalue weighted by Crippen LogP contribution is -2.59. The van der Waals surface area contributed by atoms with Gasteiger partial charge in [-0.25, -0.2) is 9.67 Å². The first-order valence-electron chi connectivity index (χ1n) is 8.26. The average Bonchev–Trinajstić information content (AvgIpc) is 2.86. The van der Waals surface area contributed by atoms with Crippen LogP contribution in [0.25, 0.3) is 0 Å². The second-order valence-electron chi connectivity index (χ2n) is 7.21. The van der Waals surface area contributed by atoms with E-state index < -0.39 is 0 Å². The average molecular weight is 293 g/mol. The molecule has 1 aliphatic heterocycles. The van der Waals surface area contributed by atoms with Crippen LogP contribution in [0, 0.1) is 11.8 Å². The maximum atomic E-state index is 4.48. The van der Waals surface area contributed by atoms with E-state index in [0.29, 0.717) is 30.0 Å². The minimum atomic E-state index is 0.365. The van der Waals surface area contributed by atoms with Gasteiger partial charge in [0.2, 0.25) is 0 Å². The third kappa shape index (κ3) is 3.83. The van der Waals surface area contributed by atoms with Crippen molar-refractivity contribution in [2.45, 2.75) is 66.2 Å². The highest BCUT2D eigenvalue weighted by atomic mass is 15.4. The number of nitrogens with zero attached hydrogens (tertiary/aromatic N) is 4. The molecule has 2 rings (SSSR count). The van der Waals surface area contributed by atoms with Gasteiger partial charge in [-0.15, -0.1) is 0 Å². The molecule has 120 valence electrons. The highest BCUT2D eigenvalue weighted by molar-refractivity contribution is 4.94. The van der Waals surface area contributed by atoms with Crippen molar-refractivity contribution in [1.82, 2.24) is 25.0 Å². The van der Waals surface area contributed by atoms with Crippen LogP contribution in [0.15, 0.2) is 6.33 Å². The molecule has 2 heterocycles. The second kappa shape index (κ2) is 6.88. The molecule has 2 unspecified atom stereocenters. The quantitative estimate of drug-likeness (QED) is 0.905. The molecule has 1 N–H and O–H groups in total. The summed E-state index contributed by atoms with van der Waals surface area (Å²) in [6.45, 7) is 16.6. The van der Waals surface area contributed by atoms with Crippen LogP contribution in [0.2, 0.25) is 0 Å². The van der Waals surface area contributed by atoms with E-state index >= 15 is 0 Å². The first kappa shape index (κ1) is 16.4. The van der Waals surface area contributed by atoms with Gasteiger partial charge in [0.1, 0.15) is 12.2 Å². The molecule has 0 saturated carbocycles. The van der Waals surface area contributed by atoms with Gasteiger partial charge in [0.25, 0.3) is 0 Å². The summed E-state index contributed by atoms with van der Waals surface area (Å²) in [6, 6.07) is 1.50. The van der Waals surface area contributed by atoms with Crippen LogP contribution in [0.3, 0.4) is 0 Å². The van der Waals surface area contributed by atoms with E-state index in [1.54, 1.807) is 6.33 Å². The Bertz CT molecular complexity index is 438. The number of rotatable bonds is 5. The van der Waals surface area contributed by atoms with Crippen molar-refractivity contribution in [3.63, 3.8) is 0 Å². The fourth-order valence-electron chi connectivity index (χ4n) is 3.14. The summed E-state index contributed by atoms with van der Waals surface area (Å²) in [5.74, 6) is 2.38. The van der Waals surface area contributed by atoms with Gasteiger partial charge < -0.3 is 5.32 Å². The number of piperazine rings is 1. The van der Waals surface area contributed by atoms with Gasteiger partial charge in [-0.3, -0.25) is 4.90 Å². The van der Waals surface area contributed by atoms with Gasteiger partial charge in [-0.1, -0.05) is 27.7 Å². The van der Waals surface area contributed by atoms with Crippen LogP contribution in [0.1, 0.15) is 53.4 Å². The van der Waals surface area contributed by atoms with Crippen molar-refractivity contribution < 1.29 is 0 Å². The molecule has 2 atom stereocenters. The van der Waals surface area contributed by atoms with Crippen molar-refractivity contribution in [2.24, 2.45) is 11.8 Å². The van der Waals surface area contributed by atoms with E-state index in [2.05, 4.69) is 61.8 Å². The van der Waals surface area contributed by atoms with E-state index in [-0.39, 0.29) is 0 Å². The minimum Gasteiger partial charge on any atom is -0.311 e. The third-order valence-corrected chi connectivity index (χ3v) is 4.54. The number of hydrogen-bond acceptors (Lipinski definition) is 4. The number of nitrogens with one attached hydrogen (secondary N) is 1. The largest absolute Gasteiger partial charge is 0.311 e. The zero-order valence-electron chi connectivity index (χ0n) is 14.4. The van der Waals surface area contributed by atoms with Crippen molar-refractivity contribution >= 4 is 0 Å². The molecule has 0 aromatic carbocycles. The van der Waals surface area contributed by atoms with E-state index in [1.807, 2.05) is 4.68 Å². The molecular formula is C16H31N5. The Balaban J connectivity index is 2.14. The molecule has 1 aromatic rings. The summed E-state index contributed by atoms with van der Waals surface area (Å²) in [4.78, 5) is 7.08. The Kier molecular flexibility index (Phi) is 5.38. The molecular weight excluding hydrogens is 262 g/mol. The van der Waals surface area contributed by atoms with Crippen LogP contribution >= 0.6 is 0 Å². The summed E-state index contributed by atoms with van der Waals surface area (Å²) in [5.41, 5.74) is 0. The number of hydrogen-bond donors (Lipinski definition) is 1.